The number of hydrogen-bond acceptors (Lipinski definition) is 3. The maximum atomic E-state index is 12.0. The van der Waals surface area contributed by atoms with Gasteiger partial charge in [-0.15, -0.1) is 12.4 Å². The summed E-state index contributed by atoms with van der Waals surface area (Å²) in [4.78, 5) is 12.0. The molecule has 2 rings (SSSR count). The number of carbonyl (C=O) groups excluding carboxylic acids is 1. The van der Waals surface area contributed by atoms with Crippen molar-refractivity contribution in [2.45, 2.75) is 25.9 Å². The molecule has 1 aromatic rings. The molecule has 0 aromatic heterocycles. The van der Waals surface area contributed by atoms with Crippen LogP contribution in [0.1, 0.15) is 35.7 Å². The van der Waals surface area contributed by atoms with E-state index >= 15 is 0 Å². The van der Waals surface area contributed by atoms with Crippen LogP contribution in [0.5, 0.6) is 0 Å². The first kappa shape index (κ1) is 17.0. The summed E-state index contributed by atoms with van der Waals surface area (Å²) in [7, 11) is 0. The van der Waals surface area contributed by atoms with Crippen LogP contribution in [0.15, 0.2) is 24.3 Å². The summed E-state index contributed by atoms with van der Waals surface area (Å²) < 4.78 is 0. The third-order valence-corrected chi connectivity index (χ3v) is 3.67. The van der Waals surface area contributed by atoms with Crippen LogP contribution in [0.4, 0.5) is 0 Å². The SMILES string of the molecule is CC(C)c1ccc(C(=O)NCC2CNCC2O)cc1.Cl. The van der Waals surface area contributed by atoms with Crippen molar-refractivity contribution in [1.82, 2.24) is 10.6 Å². The van der Waals surface area contributed by atoms with Crippen LogP contribution in [0.2, 0.25) is 0 Å². The van der Waals surface area contributed by atoms with Crippen molar-refractivity contribution >= 4 is 18.3 Å². The maximum absolute atomic E-state index is 12.0. The number of nitrogens with one attached hydrogen (secondary N) is 2. The molecule has 2 unspecified atom stereocenters. The second kappa shape index (κ2) is 7.62. The Morgan fingerprint density at radius 3 is 2.50 bits per heavy atom. The molecule has 0 radical (unpaired) electrons. The van der Waals surface area contributed by atoms with Crippen molar-refractivity contribution in [3.05, 3.63) is 35.4 Å². The predicted molar refractivity (Wildman–Crippen MR) is 82.5 cm³/mol. The standard InChI is InChI=1S/C15H22N2O2.ClH/c1-10(2)11-3-5-12(6-4-11)15(19)17-8-13-7-16-9-14(13)18;/h3-6,10,13-14,16,18H,7-9H2,1-2H3,(H,17,19);1H. The van der Waals surface area contributed by atoms with Crippen molar-refractivity contribution in [2.75, 3.05) is 19.6 Å². The monoisotopic (exact) mass is 298 g/mol. The number of β-amino-alcohol motifs (C(OH)–C–C–N with tert-alkyl or cyclic N) is 1. The Morgan fingerprint density at radius 2 is 2.00 bits per heavy atom. The molecule has 4 nitrogen and oxygen atoms in total. The third-order valence-electron chi connectivity index (χ3n) is 3.67. The summed E-state index contributed by atoms with van der Waals surface area (Å²) in [5.74, 6) is 0.505. The van der Waals surface area contributed by atoms with Crippen molar-refractivity contribution in [1.29, 1.82) is 0 Å². The van der Waals surface area contributed by atoms with Gasteiger partial charge in [-0.05, 0) is 23.6 Å². The molecule has 1 heterocycles. The van der Waals surface area contributed by atoms with Gasteiger partial charge in [-0.1, -0.05) is 26.0 Å². The van der Waals surface area contributed by atoms with Gasteiger partial charge in [-0.3, -0.25) is 4.79 Å². The fourth-order valence-corrected chi connectivity index (χ4v) is 2.27. The van der Waals surface area contributed by atoms with Gasteiger partial charge in [0.25, 0.3) is 5.91 Å². The van der Waals surface area contributed by atoms with Gasteiger partial charge in [0.15, 0.2) is 0 Å². The highest BCUT2D eigenvalue weighted by Gasteiger charge is 2.25. The van der Waals surface area contributed by atoms with E-state index in [1.165, 1.54) is 5.56 Å². The van der Waals surface area contributed by atoms with Crippen LogP contribution in [0, 0.1) is 5.92 Å². The Hall–Kier alpha value is -1.10. The van der Waals surface area contributed by atoms with Crippen molar-refractivity contribution < 1.29 is 9.90 Å². The highest BCUT2D eigenvalue weighted by atomic mass is 35.5. The number of halogens is 1. The van der Waals surface area contributed by atoms with Gasteiger partial charge in [0.05, 0.1) is 6.10 Å². The van der Waals surface area contributed by atoms with E-state index in [4.69, 9.17) is 0 Å². The molecule has 1 aliphatic rings. The fraction of sp³-hybridized carbons (Fsp3) is 0.533. The summed E-state index contributed by atoms with van der Waals surface area (Å²) in [6.07, 6.45) is -0.358. The van der Waals surface area contributed by atoms with E-state index in [9.17, 15) is 9.90 Å². The van der Waals surface area contributed by atoms with Crippen molar-refractivity contribution in [3.63, 3.8) is 0 Å². The largest absolute Gasteiger partial charge is 0.391 e. The summed E-state index contributed by atoms with van der Waals surface area (Å²) >= 11 is 0. The first-order valence-electron chi connectivity index (χ1n) is 6.85. The first-order valence-corrected chi connectivity index (χ1v) is 6.85. The summed E-state index contributed by atoms with van der Waals surface area (Å²) in [6, 6.07) is 7.69. The van der Waals surface area contributed by atoms with E-state index < -0.39 is 0 Å². The lowest BCUT2D eigenvalue weighted by atomic mass is 10.0. The molecule has 0 aliphatic carbocycles. The lowest BCUT2D eigenvalue weighted by Gasteiger charge is -2.14. The normalized spacial score (nSPS) is 21.6. The van der Waals surface area contributed by atoms with Gasteiger partial charge in [0.1, 0.15) is 0 Å². The minimum atomic E-state index is -0.358. The quantitative estimate of drug-likeness (QED) is 0.790. The molecule has 1 amide bonds. The molecule has 0 spiro atoms. The Morgan fingerprint density at radius 1 is 1.35 bits per heavy atom. The van der Waals surface area contributed by atoms with Crippen LogP contribution in [-0.4, -0.2) is 36.8 Å². The summed E-state index contributed by atoms with van der Waals surface area (Å²) in [6.45, 7) is 6.14. The molecule has 5 heteroatoms. The Kier molecular flexibility index (Phi) is 6.46. The Labute approximate surface area is 126 Å². The Bertz CT molecular complexity index is 434. The van der Waals surface area contributed by atoms with Crippen LogP contribution in [0.25, 0.3) is 0 Å². The van der Waals surface area contributed by atoms with Crippen LogP contribution < -0.4 is 10.6 Å². The van der Waals surface area contributed by atoms with E-state index in [2.05, 4.69) is 24.5 Å². The second-order valence-electron chi connectivity index (χ2n) is 5.47. The van der Waals surface area contributed by atoms with Gasteiger partial charge < -0.3 is 15.7 Å². The van der Waals surface area contributed by atoms with Crippen molar-refractivity contribution in [3.8, 4) is 0 Å². The number of rotatable bonds is 4. The molecule has 2 atom stereocenters. The summed E-state index contributed by atoms with van der Waals surface area (Å²) in [5.41, 5.74) is 1.90. The zero-order chi connectivity index (χ0) is 13.8. The van der Waals surface area contributed by atoms with E-state index in [0.29, 0.717) is 24.6 Å². The average molecular weight is 299 g/mol. The number of aliphatic hydroxyl groups excluding tert-OH is 1. The molecule has 3 N–H and O–H groups in total. The molecular weight excluding hydrogens is 276 g/mol. The molecule has 112 valence electrons. The molecular formula is C15H23ClN2O2. The zero-order valence-electron chi connectivity index (χ0n) is 11.9. The molecule has 1 fully saturated rings. The smallest absolute Gasteiger partial charge is 0.251 e. The van der Waals surface area contributed by atoms with Gasteiger partial charge >= 0.3 is 0 Å². The van der Waals surface area contributed by atoms with E-state index in [0.717, 1.165) is 6.54 Å². The number of hydrogen-bond donors (Lipinski definition) is 3. The molecule has 0 bridgehead atoms. The Balaban J connectivity index is 0.00000200. The van der Waals surface area contributed by atoms with Gasteiger partial charge in [-0.2, -0.15) is 0 Å². The molecule has 1 aromatic carbocycles. The number of aliphatic hydroxyl groups is 1. The van der Waals surface area contributed by atoms with Gasteiger partial charge in [0, 0.05) is 31.1 Å². The lowest BCUT2D eigenvalue weighted by molar-refractivity contribution is 0.0927. The molecule has 20 heavy (non-hydrogen) atoms. The second-order valence-corrected chi connectivity index (χ2v) is 5.47. The number of carbonyl (C=O) groups is 1. The van der Waals surface area contributed by atoms with Crippen molar-refractivity contribution in [2.24, 2.45) is 5.92 Å². The van der Waals surface area contributed by atoms with Crippen LogP contribution in [0.3, 0.4) is 0 Å². The van der Waals surface area contributed by atoms with Gasteiger partial charge in [0.2, 0.25) is 0 Å². The maximum Gasteiger partial charge on any atom is 0.251 e. The first-order chi connectivity index (χ1) is 9.08. The average Bonchev–Trinajstić information content (AvgIpc) is 2.81. The molecule has 1 aliphatic heterocycles. The van der Waals surface area contributed by atoms with E-state index in [1.54, 1.807) is 0 Å². The minimum absolute atomic E-state index is 0. The minimum Gasteiger partial charge on any atom is -0.391 e. The van der Waals surface area contributed by atoms with Gasteiger partial charge in [-0.25, -0.2) is 0 Å². The fourth-order valence-electron chi connectivity index (χ4n) is 2.27. The number of benzene rings is 1. The van der Waals surface area contributed by atoms with E-state index in [-0.39, 0.29) is 30.3 Å². The number of amides is 1. The third kappa shape index (κ3) is 4.20. The lowest BCUT2D eigenvalue weighted by Crippen LogP contribution is -2.34. The highest BCUT2D eigenvalue weighted by molar-refractivity contribution is 5.94. The predicted octanol–water partition coefficient (Wildman–Crippen LogP) is 1.54. The highest BCUT2D eigenvalue weighted by Crippen LogP contribution is 2.15. The van der Waals surface area contributed by atoms with Crippen LogP contribution in [-0.2, 0) is 0 Å². The van der Waals surface area contributed by atoms with Crippen LogP contribution >= 0.6 is 12.4 Å². The molecule has 0 saturated carbocycles. The van der Waals surface area contributed by atoms with E-state index in [1.807, 2.05) is 24.3 Å². The molecule has 1 saturated heterocycles. The topological polar surface area (TPSA) is 61.4 Å². The summed E-state index contributed by atoms with van der Waals surface area (Å²) in [5, 5.41) is 15.6. The zero-order valence-corrected chi connectivity index (χ0v) is 12.7.